The molecule has 4 heterocycles. The van der Waals surface area contributed by atoms with Gasteiger partial charge in [0.15, 0.2) is 0 Å². The topological polar surface area (TPSA) is 49.8 Å². The highest BCUT2D eigenvalue weighted by Crippen LogP contribution is 2.42. The monoisotopic (exact) mass is 797 g/mol. The minimum Gasteiger partial charge on any atom is -0.457 e. The van der Waals surface area contributed by atoms with Crippen LogP contribution in [0.2, 0.25) is 0 Å². The molecule has 0 N–H and O–H groups in total. The Balaban J connectivity index is 1.11. The first-order valence-electron chi connectivity index (χ1n) is 21.5. The van der Waals surface area contributed by atoms with E-state index in [4.69, 9.17) is 14.8 Å². The van der Waals surface area contributed by atoms with Crippen molar-refractivity contribution in [3.63, 3.8) is 0 Å². The summed E-state index contributed by atoms with van der Waals surface area (Å²) in [7, 11) is 0. The van der Waals surface area contributed by atoms with Gasteiger partial charge in [0.1, 0.15) is 17.3 Å². The van der Waals surface area contributed by atoms with E-state index in [1.165, 1.54) is 44.1 Å². The fraction of sp³-hybridized carbons (Fsp3) is 0.200. The van der Waals surface area contributed by atoms with Crippen LogP contribution in [0.15, 0.2) is 152 Å². The minimum atomic E-state index is -0.165. The Morgan fingerprint density at radius 1 is 0.541 bits per heavy atom. The number of nitrogens with zero attached hydrogens (tertiary/aromatic N) is 5. The molecule has 0 atom stereocenters. The molecular formula is C55H51N5O. The van der Waals surface area contributed by atoms with Gasteiger partial charge in [-0.05, 0) is 71.8 Å². The smallest absolute Gasteiger partial charge is 0.139 e. The fourth-order valence-corrected chi connectivity index (χ4v) is 9.46. The van der Waals surface area contributed by atoms with Gasteiger partial charge in [-0.25, -0.2) is 9.67 Å². The summed E-state index contributed by atoms with van der Waals surface area (Å²) < 4.78 is 13.6. The predicted molar refractivity (Wildman–Crippen MR) is 254 cm³/mol. The van der Waals surface area contributed by atoms with Gasteiger partial charge in [0.25, 0.3) is 0 Å². The molecular weight excluding hydrogens is 747 g/mol. The highest BCUT2D eigenvalue weighted by molar-refractivity contribution is 6.12. The van der Waals surface area contributed by atoms with Gasteiger partial charge in [-0.3, -0.25) is 4.57 Å². The normalized spacial score (nSPS) is 12.2. The van der Waals surface area contributed by atoms with Gasteiger partial charge in [-0.15, -0.1) is 0 Å². The number of aromatic nitrogens is 5. The Labute approximate surface area is 357 Å². The number of rotatable bonds is 8. The molecule has 0 spiro atoms. The Morgan fingerprint density at radius 2 is 1.16 bits per heavy atom. The van der Waals surface area contributed by atoms with Gasteiger partial charge < -0.3 is 9.30 Å². The predicted octanol–water partition coefficient (Wildman–Crippen LogP) is 14.8. The fourth-order valence-electron chi connectivity index (χ4n) is 9.46. The molecule has 4 aromatic heterocycles. The first-order valence-corrected chi connectivity index (χ1v) is 21.5. The third kappa shape index (κ3) is 6.40. The zero-order valence-corrected chi connectivity index (χ0v) is 36.2. The lowest BCUT2D eigenvalue weighted by molar-refractivity contribution is 0.482. The summed E-state index contributed by atoms with van der Waals surface area (Å²) in [6, 6.07) is 51.7. The standard InChI is InChI=1S/C55H51N5O/c1-34(2)42-22-15-24-46-47-25-16-23-43(35(3)4)53(47)58(52(42)46)38-29-30-56-50(32-38)59-48-26-13-12-21-44(48)45-28-27-41(33-49(45)59)61-40-20-14-19-39(31-40)60-54(55(6,7)8)51(36(5)57-60)37-17-10-9-11-18-37/h9-35H,1-8H3. The van der Waals surface area contributed by atoms with Crippen LogP contribution in [0.5, 0.6) is 11.5 Å². The van der Waals surface area contributed by atoms with Gasteiger partial charge >= 0.3 is 0 Å². The maximum atomic E-state index is 6.75. The van der Waals surface area contributed by atoms with Crippen LogP contribution in [0.1, 0.15) is 82.8 Å². The van der Waals surface area contributed by atoms with E-state index in [2.05, 4.69) is 203 Å². The molecule has 0 aliphatic carbocycles. The van der Waals surface area contributed by atoms with Crippen molar-refractivity contribution >= 4 is 43.6 Å². The maximum Gasteiger partial charge on any atom is 0.139 e. The van der Waals surface area contributed by atoms with E-state index in [1.807, 2.05) is 18.3 Å². The van der Waals surface area contributed by atoms with E-state index in [-0.39, 0.29) is 5.41 Å². The molecule has 6 nitrogen and oxygen atoms in total. The van der Waals surface area contributed by atoms with Crippen molar-refractivity contribution in [3.8, 4) is 39.8 Å². The average molecular weight is 798 g/mol. The van der Waals surface area contributed by atoms with Crippen LogP contribution in [-0.2, 0) is 5.41 Å². The quantitative estimate of drug-likeness (QED) is 0.154. The molecule has 0 saturated heterocycles. The number of benzene rings is 6. The molecule has 0 amide bonds. The molecule has 0 bridgehead atoms. The number of hydrogen-bond donors (Lipinski definition) is 0. The van der Waals surface area contributed by atoms with E-state index in [1.54, 1.807) is 0 Å². The summed E-state index contributed by atoms with van der Waals surface area (Å²) in [6.45, 7) is 18.0. The third-order valence-corrected chi connectivity index (χ3v) is 12.1. The van der Waals surface area contributed by atoms with Crippen molar-refractivity contribution in [2.45, 2.75) is 72.6 Å². The van der Waals surface area contributed by atoms with Gasteiger partial charge in [0, 0.05) is 56.9 Å². The first kappa shape index (κ1) is 38.3. The highest BCUT2D eigenvalue weighted by Gasteiger charge is 2.28. The lowest BCUT2D eigenvalue weighted by Gasteiger charge is -2.23. The largest absolute Gasteiger partial charge is 0.457 e. The second kappa shape index (κ2) is 14.7. The second-order valence-electron chi connectivity index (χ2n) is 18.0. The Hall–Kier alpha value is -6.92. The summed E-state index contributed by atoms with van der Waals surface area (Å²) in [5.41, 5.74) is 13.7. The molecule has 0 aliphatic heterocycles. The van der Waals surface area contributed by atoms with Crippen molar-refractivity contribution in [2.75, 3.05) is 0 Å². The van der Waals surface area contributed by atoms with Crippen molar-refractivity contribution in [3.05, 3.63) is 174 Å². The van der Waals surface area contributed by atoms with E-state index in [9.17, 15) is 0 Å². The highest BCUT2D eigenvalue weighted by atomic mass is 16.5. The zero-order chi connectivity index (χ0) is 42.2. The summed E-state index contributed by atoms with van der Waals surface area (Å²) in [4.78, 5) is 5.08. The average Bonchev–Trinajstić information content (AvgIpc) is 3.91. The molecule has 10 aromatic rings. The Morgan fingerprint density at radius 3 is 1.85 bits per heavy atom. The summed E-state index contributed by atoms with van der Waals surface area (Å²) in [5, 5.41) is 9.97. The minimum absolute atomic E-state index is 0.165. The van der Waals surface area contributed by atoms with Crippen molar-refractivity contribution in [1.29, 1.82) is 0 Å². The van der Waals surface area contributed by atoms with Crippen molar-refractivity contribution in [2.24, 2.45) is 0 Å². The maximum absolute atomic E-state index is 6.75. The van der Waals surface area contributed by atoms with Crippen LogP contribution in [0.4, 0.5) is 0 Å². The van der Waals surface area contributed by atoms with E-state index >= 15 is 0 Å². The van der Waals surface area contributed by atoms with Crippen LogP contribution in [0.3, 0.4) is 0 Å². The summed E-state index contributed by atoms with van der Waals surface area (Å²) in [5.74, 6) is 3.03. The summed E-state index contributed by atoms with van der Waals surface area (Å²) in [6.07, 6.45) is 1.96. The molecule has 0 fully saturated rings. The SMILES string of the molecule is Cc1nn(-c2cccc(Oc3ccc4c5ccccc5n(-c5cc(-n6c7c(C(C)C)cccc7c7cccc(C(C)C)c76)ccn5)c4c3)c2)c(C(C)(C)C)c1-c1ccccc1. The lowest BCUT2D eigenvalue weighted by Crippen LogP contribution is -2.18. The number of hydrogen-bond acceptors (Lipinski definition) is 3. The Kier molecular flexibility index (Phi) is 9.21. The summed E-state index contributed by atoms with van der Waals surface area (Å²) >= 11 is 0. The Bertz CT molecular complexity index is 3220. The molecule has 0 saturated carbocycles. The number of pyridine rings is 1. The first-order chi connectivity index (χ1) is 29.5. The number of fused-ring (bicyclic) bond motifs is 6. The molecule has 61 heavy (non-hydrogen) atoms. The molecule has 0 aliphatic rings. The van der Waals surface area contributed by atoms with Crippen LogP contribution >= 0.6 is 0 Å². The third-order valence-electron chi connectivity index (χ3n) is 12.1. The van der Waals surface area contributed by atoms with E-state index in [0.29, 0.717) is 11.8 Å². The number of ether oxygens (including phenoxy) is 1. The van der Waals surface area contributed by atoms with Gasteiger partial charge in [0.05, 0.1) is 44.8 Å². The van der Waals surface area contributed by atoms with Crippen LogP contribution in [0, 0.1) is 6.92 Å². The van der Waals surface area contributed by atoms with Gasteiger partial charge in [0.2, 0.25) is 0 Å². The molecule has 0 radical (unpaired) electrons. The molecule has 6 heteroatoms. The molecule has 0 unspecified atom stereocenters. The lowest BCUT2D eigenvalue weighted by atomic mass is 9.86. The number of aryl methyl sites for hydroxylation is 1. The molecule has 302 valence electrons. The molecule has 6 aromatic carbocycles. The van der Waals surface area contributed by atoms with Crippen LogP contribution in [0.25, 0.3) is 71.9 Å². The van der Waals surface area contributed by atoms with Crippen LogP contribution < -0.4 is 4.74 Å². The second-order valence-corrected chi connectivity index (χ2v) is 18.0. The van der Waals surface area contributed by atoms with Gasteiger partial charge in [-0.1, -0.05) is 139 Å². The van der Waals surface area contributed by atoms with E-state index in [0.717, 1.165) is 61.9 Å². The van der Waals surface area contributed by atoms with E-state index < -0.39 is 0 Å². The number of para-hydroxylation sites is 3. The van der Waals surface area contributed by atoms with Crippen molar-refractivity contribution < 1.29 is 4.74 Å². The van der Waals surface area contributed by atoms with Gasteiger partial charge in [-0.2, -0.15) is 5.10 Å². The zero-order valence-electron chi connectivity index (χ0n) is 36.2. The van der Waals surface area contributed by atoms with Crippen molar-refractivity contribution in [1.82, 2.24) is 23.9 Å². The van der Waals surface area contributed by atoms with Crippen LogP contribution in [-0.4, -0.2) is 23.9 Å². The molecule has 10 rings (SSSR count).